The number of hydrogen-bond donors (Lipinski definition) is 2. The quantitative estimate of drug-likeness (QED) is 0.232. The smallest absolute Gasteiger partial charge is 0.261 e. The van der Waals surface area contributed by atoms with Crippen molar-refractivity contribution < 1.29 is 12.8 Å². The fourth-order valence-electron chi connectivity index (χ4n) is 3.60. The third-order valence-electron chi connectivity index (χ3n) is 5.36. The average molecular weight is 587 g/mol. The Bertz CT molecular complexity index is 1680. The molecule has 0 unspecified atom stereocenters. The van der Waals surface area contributed by atoms with Crippen molar-refractivity contribution in [2.75, 3.05) is 10.0 Å². The Morgan fingerprint density at radius 1 is 1.00 bits per heavy atom. The second-order valence-corrected chi connectivity index (χ2v) is 10.8. The Morgan fingerprint density at radius 2 is 1.78 bits per heavy atom. The van der Waals surface area contributed by atoms with Gasteiger partial charge in [0, 0.05) is 28.9 Å². The van der Waals surface area contributed by atoms with Crippen LogP contribution in [0.5, 0.6) is 0 Å². The Kier molecular flexibility index (Phi) is 6.65. The van der Waals surface area contributed by atoms with E-state index < -0.39 is 15.8 Å². The van der Waals surface area contributed by atoms with Gasteiger partial charge < -0.3 is 5.32 Å². The van der Waals surface area contributed by atoms with Crippen LogP contribution in [0.3, 0.4) is 0 Å². The Hall–Kier alpha value is -3.47. The highest BCUT2D eigenvalue weighted by atomic mass is 79.9. The molecule has 3 aromatic carbocycles. The summed E-state index contributed by atoms with van der Waals surface area (Å²) in [7, 11) is -3.90. The maximum atomic E-state index is 13.4. The van der Waals surface area contributed by atoms with Gasteiger partial charge in [-0.15, -0.1) is 0 Å². The zero-order valence-electron chi connectivity index (χ0n) is 18.5. The molecule has 0 spiro atoms. The van der Waals surface area contributed by atoms with Crippen molar-refractivity contribution >= 4 is 54.7 Å². The first-order valence-corrected chi connectivity index (χ1v) is 13.4. The van der Waals surface area contributed by atoms with Crippen molar-refractivity contribution in [2.45, 2.75) is 11.4 Å². The first-order valence-electron chi connectivity index (χ1n) is 10.7. The third-order valence-corrected chi connectivity index (χ3v) is 7.63. The highest BCUT2D eigenvalue weighted by molar-refractivity contribution is 9.10. The maximum absolute atomic E-state index is 13.4. The van der Waals surface area contributed by atoms with Gasteiger partial charge in [-0.05, 0) is 57.9 Å². The van der Waals surface area contributed by atoms with Crippen LogP contribution in [-0.2, 0) is 16.6 Å². The Morgan fingerprint density at radius 3 is 2.53 bits per heavy atom. The summed E-state index contributed by atoms with van der Waals surface area (Å²) < 4.78 is 43.4. The second kappa shape index (κ2) is 9.88. The van der Waals surface area contributed by atoms with E-state index in [1.165, 1.54) is 18.2 Å². The van der Waals surface area contributed by atoms with Crippen molar-refractivity contribution in [1.82, 2.24) is 14.6 Å². The summed E-state index contributed by atoms with van der Waals surface area (Å²) >= 11 is 9.89. The summed E-state index contributed by atoms with van der Waals surface area (Å²) in [6, 6.07) is 21.1. The first-order chi connectivity index (χ1) is 17.3. The number of anilines is 2. The minimum Gasteiger partial charge on any atom is -0.366 e. The van der Waals surface area contributed by atoms with Crippen LogP contribution in [0.2, 0.25) is 5.02 Å². The van der Waals surface area contributed by atoms with Gasteiger partial charge in [0.05, 0.1) is 21.3 Å². The van der Waals surface area contributed by atoms with Crippen molar-refractivity contribution in [3.63, 3.8) is 0 Å². The molecule has 0 atom stereocenters. The molecule has 36 heavy (non-hydrogen) atoms. The molecular weight excluding hydrogens is 569 g/mol. The van der Waals surface area contributed by atoms with Crippen LogP contribution in [0.15, 0.2) is 94.4 Å². The summed E-state index contributed by atoms with van der Waals surface area (Å²) in [6.07, 6.45) is 1.67. The first kappa shape index (κ1) is 24.2. The number of hydrogen-bond acceptors (Lipinski definition) is 5. The molecule has 0 saturated carbocycles. The molecule has 2 aromatic heterocycles. The van der Waals surface area contributed by atoms with Crippen LogP contribution in [0.4, 0.5) is 15.9 Å². The molecule has 0 amide bonds. The van der Waals surface area contributed by atoms with E-state index in [0.717, 1.165) is 21.7 Å². The fourth-order valence-corrected chi connectivity index (χ4v) is 5.27. The second-order valence-electron chi connectivity index (χ2n) is 7.85. The van der Waals surface area contributed by atoms with Crippen LogP contribution in [0.1, 0.15) is 5.56 Å². The largest absolute Gasteiger partial charge is 0.366 e. The molecule has 5 rings (SSSR count). The van der Waals surface area contributed by atoms with Gasteiger partial charge in [-0.25, -0.2) is 17.8 Å². The van der Waals surface area contributed by atoms with Gasteiger partial charge in [0.2, 0.25) is 0 Å². The van der Waals surface area contributed by atoms with Gasteiger partial charge in [0.25, 0.3) is 10.0 Å². The topological polar surface area (TPSA) is 88.4 Å². The van der Waals surface area contributed by atoms with E-state index in [-0.39, 0.29) is 4.90 Å². The minimum atomic E-state index is -3.90. The molecule has 2 heterocycles. The molecule has 7 nitrogen and oxygen atoms in total. The number of fused-ring (bicyclic) bond motifs is 1. The maximum Gasteiger partial charge on any atom is 0.261 e. The molecule has 11 heteroatoms. The zero-order valence-corrected chi connectivity index (χ0v) is 21.6. The van der Waals surface area contributed by atoms with Gasteiger partial charge in [0.1, 0.15) is 11.6 Å². The highest BCUT2D eigenvalue weighted by Gasteiger charge is 2.15. The van der Waals surface area contributed by atoms with E-state index in [1.54, 1.807) is 35.0 Å². The third kappa shape index (κ3) is 5.06. The molecule has 0 aliphatic heterocycles. The summed E-state index contributed by atoms with van der Waals surface area (Å²) in [5, 5.41) is 8.34. The van der Waals surface area contributed by atoms with Crippen LogP contribution in [0.25, 0.3) is 16.9 Å². The summed E-state index contributed by atoms with van der Waals surface area (Å²) in [5.41, 5.74) is 3.40. The van der Waals surface area contributed by atoms with Crippen LogP contribution >= 0.6 is 27.5 Å². The predicted molar refractivity (Wildman–Crippen MR) is 142 cm³/mol. The molecule has 0 saturated heterocycles. The molecule has 0 aliphatic carbocycles. The van der Waals surface area contributed by atoms with E-state index in [0.29, 0.717) is 34.4 Å². The number of aromatic nitrogens is 3. The SMILES string of the molecule is O=S(=O)(Nc1ccc(CNc2cc(-c3ccccc3Cl)nc3c(Br)cnn23)cc1)c1cccc(F)c1. The van der Waals surface area contributed by atoms with Crippen LogP contribution in [-0.4, -0.2) is 23.0 Å². The highest BCUT2D eigenvalue weighted by Crippen LogP contribution is 2.30. The molecule has 182 valence electrons. The number of nitrogens with one attached hydrogen (secondary N) is 2. The predicted octanol–water partition coefficient (Wildman–Crippen LogP) is 6.36. The lowest BCUT2D eigenvalue weighted by Gasteiger charge is -2.12. The Balaban J connectivity index is 1.36. The molecule has 0 fully saturated rings. The van der Waals surface area contributed by atoms with E-state index in [4.69, 9.17) is 16.6 Å². The Labute approximate surface area is 220 Å². The number of rotatable bonds is 7. The fraction of sp³-hybridized carbons (Fsp3) is 0.0400. The van der Waals surface area contributed by atoms with E-state index in [2.05, 4.69) is 31.1 Å². The van der Waals surface area contributed by atoms with Crippen LogP contribution < -0.4 is 10.0 Å². The molecule has 5 aromatic rings. The molecular formula is C25H18BrClFN5O2S. The lowest BCUT2D eigenvalue weighted by atomic mass is 10.1. The number of nitrogens with zero attached hydrogens (tertiary/aromatic N) is 3. The minimum absolute atomic E-state index is 0.144. The summed E-state index contributed by atoms with van der Waals surface area (Å²) in [5.74, 6) is 0.0860. The number of sulfonamides is 1. The zero-order chi connectivity index (χ0) is 25.3. The van der Waals surface area contributed by atoms with Crippen molar-refractivity contribution in [3.8, 4) is 11.3 Å². The standard InChI is InChI=1S/C25H18BrClFN5O2S/c26-21-15-30-33-24(13-23(31-25(21)33)20-6-1-2-7-22(20)27)29-14-16-8-10-18(11-9-16)32-36(34,35)19-5-3-4-17(28)12-19/h1-13,15,29,32H,14H2. The molecule has 0 radical (unpaired) electrons. The summed E-state index contributed by atoms with van der Waals surface area (Å²) in [6.45, 7) is 0.440. The van der Waals surface area contributed by atoms with Crippen molar-refractivity contribution in [3.05, 3.63) is 106 Å². The summed E-state index contributed by atoms with van der Waals surface area (Å²) in [4.78, 5) is 4.55. The molecule has 2 N–H and O–H groups in total. The van der Waals surface area contributed by atoms with Gasteiger partial charge >= 0.3 is 0 Å². The van der Waals surface area contributed by atoms with E-state index >= 15 is 0 Å². The van der Waals surface area contributed by atoms with Gasteiger partial charge in [-0.1, -0.05) is 48.0 Å². The lowest BCUT2D eigenvalue weighted by Crippen LogP contribution is -2.13. The van der Waals surface area contributed by atoms with Gasteiger partial charge in [-0.2, -0.15) is 9.61 Å². The van der Waals surface area contributed by atoms with E-state index in [1.807, 2.05) is 30.3 Å². The monoisotopic (exact) mass is 585 g/mol. The number of benzene rings is 3. The molecule has 0 bridgehead atoms. The van der Waals surface area contributed by atoms with E-state index in [9.17, 15) is 12.8 Å². The number of halogens is 3. The molecule has 0 aliphatic rings. The van der Waals surface area contributed by atoms with Gasteiger partial charge in [-0.3, -0.25) is 4.72 Å². The lowest BCUT2D eigenvalue weighted by molar-refractivity contribution is 0.595. The van der Waals surface area contributed by atoms with Gasteiger partial charge in [0.15, 0.2) is 5.65 Å². The normalized spacial score (nSPS) is 11.5. The average Bonchev–Trinajstić information content (AvgIpc) is 3.24. The van der Waals surface area contributed by atoms with Crippen molar-refractivity contribution in [2.24, 2.45) is 0 Å². The van der Waals surface area contributed by atoms with Crippen LogP contribution in [0, 0.1) is 5.82 Å². The van der Waals surface area contributed by atoms with Crippen molar-refractivity contribution in [1.29, 1.82) is 0 Å².